The molecule has 3 rings (SSSR count). The molecule has 27 heavy (non-hydrogen) atoms. The SMILES string of the molecule is Cc1ccc(O[C@H](C)C(=O)N2CCC(NC(=O)c3ccccc3)CC2)cc1. The molecule has 0 unspecified atom stereocenters. The van der Waals surface area contributed by atoms with Gasteiger partial charge in [0, 0.05) is 24.7 Å². The van der Waals surface area contributed by atoms with Crippen LogP contribution < -0.4 is 10.1 Å². The fourth-order valence-corrected chi connectivity index (χ4v) is 3.23. The van der Waals surface area contributed by atoms with Gasteiger partial charge in [-0.25, -0.2) is 0 Å². The van der Waals surface area contributed by atoms with E-state index in [0.717, 1.165) is 18.4 Å². The first-order chi connectivity index (χ1) is 13.0. The maximum absolute atomic E-state index is 12.6. The highest BCUT2D eigenvalue weighted by molar-refractivity contribution is 5.94. The zero-order valence-corrected chi connectivity index (χ0v) is 15.9. The van der Waals surface area contributed by atoms with E-state index >= 15 is 0 Å². The minimum absolute atomic E-state index is 0.0107. The highest BCUT2D eigenvalue weighted by Crippen LogP contribution is 2.17. The summed E-state index contributed by atoms with van der Waals surface area (Å²) in [5.41, 5.74) is 1.82. The molecule has 2 aromatic rings. The van der Waals surface area contributed by atoms with Crippen LogP contribution in [0.4, 0.5) is 0 Å². The third-order valence-electron chi connectivity index (χ3n) is 4.86. The summed E-state index contributed by atoms with van der Waals surface area (Å²) < 4.78 is 5.77. The van der Waals surface area contributed by atoms with E-state index in [-0.39, 0.29) is 17.9 Å². The molecule has 1 aliphatic heterocycles. The van der Waals surface area contributed by atoms with Crippen LogP contribution in [0.5, 0.6) is 5.75 Å². The molecule has 2 aromatic carbocycles. The minimum atomic E-state index is -0.525. The molecule has 0 saturated carbocycles. The van der Waals surface area contributed by atoms with Gasteiger partial charge < -0.3 is 15.0 Å². The van der Waals surface area contributed by atoms with Gasteiger partial charge in [0.1, 0.15) is 5.75 Å². The van der Waals surface area contributed by atoms with Gasteiger partial charge in [0.05, 0.1) is 0 Å². The number of benzene rings is 2. The second-order valence-electron chi connectivity index (χ2n) is 7.01. The number of amides is 2. The Kier molecular flexibility index (Phi) is 6.12. The number of carbonyl (C=O) groups excluding carboxylic acids is 2. The van der Waals surface area contributed by atoms with Crippen molar-refractivity contribution in [3.05, 3.63) is 65.7 Å². The molecular formula is C22H26N2O3. The van der Waals surface area contributed by atoms with Gasteiger partial charge in [0.2, 0.25) is 0 Å². The summed E-state index contributed by atoms with van der Waals surface area (Å²) in [5, 5.41) is 3.06. The Hall–Kier alpha value is -2.82. The second kappa shape index (κ2) is 8.71. The van der Waals surface area contributed by atoms with Crippen molar-refractivity contribution in [3.63, 3.8) is 0 Å². The molecule has 1 saturated heterocycles. The average molecular weight is 366 g/mol. The van der Waals surface area contributed by atoms with Crippen LogP contribution in [0.25, 0.3) is 0 Å². The van der Waals surface area contributed by atoms with Gasteiger partial charge in [-0.2, -0.15) is 0 Å². The molecule has 1 atom stereocenters. The summed E-state index contributed by atoms with van der Waals surface area (Å²) in [6.45, 7) is 5.05. The lowest BCUT2D eigenvalue weighted by molar-refractivity contribution is -0.139. The highest BCUT2D eigenvalue weighted by atomic mass is 16.5. The Morgan fingerprint density at radius 3 is 2.30 bits per heavy atom. The van der Waals surface area contributed by atoms with Gasteiger partial charge in [-0.3, -0.25) is 9.59 Å². The summed E-state index contributed by atoms with van der Waals surface area (Å²) in [7, 11) is 0. The lowest BCUT2D eigenvalue weighted by Gasteiger charge is -2.33. The molecule has 0 aromatic heterocycles. The van der Waals surface area contributed by atoms with Crippen LogP contribution in [-0.4, -0.2) is 41.9 Å². The number of piperidine rings is 1. The Bertz CT molecular complexity index is 766. The van der Waals surface area contributed by atoms with E-state index in [1.54, 1.807) is 19.1 Å². The first-order valence-electron chi connectivity index (χ1n) is 9.41. The fraction of sp³-hybridized carbons (Fsp3) is 0.364. The third-order valence-corrected chi connectivity index (χ3v) is 4.86. The maximum atomic E-state index is 12.6. The summed E-state index contributed by atoms with van der Waals surface area (Å²) in [6, 6.07) is 17.0. The third kappa shape index (κ3) is 5.09. The van der Waals surface area contributed by atoms with E-state index in [0.29, 0.717) is 24.4 Å². The Morgan fingerprint density at radius 1 is 1.04 bits per heavy atom. The first kappa shape index (κ1) is 19.0. The van der Waals surface area contributed by atoms with Crippen molar-refractivity contribution < 1.29 is 14.3 Å². The first-order valence-corrected chi connectivity index (χ1v) is 9.41. The number of rotatable bonds is 5. The number of nitrogens with zero attached hydrogens (tertiary/aromatic N) is 1. The van der Waals surface area contributed by atoms with E-state index < -0.39 is 6.10 Å². The quantitative estimate of drug-likeness (QED) is 0.884. The zero-order valence-electron chi connectivity index (χ0n) is 15.9. The largest absolute Gasteiger partial charge is 0.481 e. The van der Waals surface area contributed by atoms with Crippen LogP contribution in [0.2, 0.25) is 0 Å². The number of hydrogen-bond donors (Lipinski definition) is 1. The van der Waals surface area contributed by atoms with Crippen molar-refractivity contribution in [3.8, 4) is 5.75 Å². The van der Waals surface area contributed by atoms with E-state index in [2.05, 4.69) is 5.32 Å². The predicted molar refractivity (Wildman–Crippen MR) is 105 cm³/mol. The topological polar surface area (TPSA) is 58.6 Å². The van der Waals surface area contributed by atoms with E-state index in [1.807, 2.05) is 54.3 Å². The molecule has 0 spiro atoms. The van der Waals surface area contributed by atoms with Gasteiger partial charge in [0.15, 0.2) is 6.10 Å². The van der Waals surface area contributed by atoms with Gasteiger partial charge in [-0.1, -0.05) is 35.9 Å². The Balaban J connectivity index is 1.47. The number of hydrogen-bond acceptors (Lipinski definition) is 3. The van der Waals surface area contributed by atoms with Crippen molar-refractivity contribution in [2.75, 3.05) is 13.1 Å². The van der Waals surface area contributed by atoms with Crippen molar-refractivity contribution in [1.82, 2.24) is 10.2 Å². The average Bonchev–Trinajstić information content (AvgIpc) is 2.70. The smallest absolute Gasteiger partial charge is 0.263 e. The Labute approximate surface area is 160 Å². The number of likely N-dealkylation sites (tertiary alicyclic amines) is 1. The molecule has 0 bridgehead atoms. The van der Waals surface area contributed by atoms with Gasteiger partial charge in [-0.05, 0) is 51.0 Å². The molecule has 0 radical (unpaired) electrons. The van der Waals surface area contributed by atoms with Crippen LogP contribution in [0.3, 0.4) is 0 Å². The van der Waals surface area contributed by atoms with Crippen LogP contribution >= 0.6 is 0 Å². The number of ether oxygens (including phenoxy) is 1. The molecule has 2 amide bonds. The molecule has 1 fully saturated rings. The standard InChI is InChI=1S/C22H26N2O3/c1-16-8-10-20(11-9-16)27-17(2)22(26)24-14-12-19(13-15-24)23-21(25)18-6-4-3-5-7-18/h3-11,17,19H,12-15H2,1-2H3,(H,23,25)/t17-/m1/s1. The molecule has 5 nitrogen and oxygen atoms in total. The lowest BCUT2D eigenvalue weighted by Crippen LogP contribution is -2.49. The minimum Gasteiger partial charge on any atom is -0.481 e. The summed E-state index contributed by atoms with van der Waals surface area (Å²) in [5.74, 6) is 0.631. The highest BCUT2D eigenvalue weighted by Gasteiger charge is 2.27. The zero-order chi connectivity index (χ0) is 19.2. The monoisotopic (exact) mass is 366 g/mol. The predicted octanol–water partition coefficient (Wildman–Crippen LogP) is 3.18. The van der Waals surface area contributed by atoms with Crippen LogP contribution in [0, 0.1) is 6.92 Å². The van der Waals surface area contributed by atoms with Crippen molar-refractivity contribution >= 4 is 11.8 Å². The van der Waals surface area contributed by atoms with Crippen molar-refractivity contribution in [1.29, 1.82) is 0 Å². The molecule has 0 aliphatic carbocycles. The van der Waals surface area contributed by atoms with Crippen LogP contribution in [0.15, 0.2) is 54.6 Å². The second-order valence-corrected chi connectivity index (χ2v) is 7.01. The number of nitrogens with one attached hydrogen (secondary N) is 1. The van der Waals surface area contributed by atoms with Gasteiger partial charge in [-0.15, -0.1) is 0 Å². The van der Waals surface area contributed by atoms with Crippen molar-refractivity contribution in [2.24, 2.45) is 0 Å². The Morgan fingerprint density at radius 2 is 1.67 bits per heavy atom. The van der Waals surface area contributed by atoms with E-state index in [4.69, 9.17) is 4.74 Å². The fourth-order valence-electron chi connectivity index (χ4n) is 3.23. The van der Waals surface area contributed by atoms with Gasteiger partial charge >= 0.3 is 0 Å². The molecule has 142 valence electrons. The summed E-state index contributed by atoms with van der Waals surface area (Å²) in [6.07, 6.45) is 0.978. The van der Waals surface area contributed by atoms with Crippen LogP contribution in [0.1, 0.15) is 35.7 Å². The maximum Gasteiger partial charge on any atom is 0.263 e. The lowest BCUT2D eigenvalue weighted by atomic mass is 10.0. The molecule has 1 heterocycles. The molecule has 5 heteroatoms. The molecular weight excluding hydrogens is 340 g/mol. The number of aryl methyl sites for hydroxylation is 1. The summed E-state index contributed by atoms with van der Waals surface area (Å²) >= 11 is 0. The van der Waals surface area contributed by atoms with Crippen molar-refractivity contribution in [2.45, 2.75) is 38.8 Å². The van der Waals surface area contributed by atoms with Gasteiger partial charge in [0.25, 0.3) is 11.8 Å². The summed E-state index contributed by atoms with van der Waals surface area (Å²) in [4.78, 5) is 26.7. The van der Waals surface area contributed by atoms with E-state index in [1.165, 1.54) is 0 Å². The van der Waals surface area contributed by atoms with Crippen LogP contribution in [-0.2, 0) is 4.79 Å². The van der Waals surface area contributed by atoms with E-state index in [9.17, 15) is 9.59 Å². The normalized spacial score (nSPS) is 15.9. The molecule has 1 aliphatic rings. The number of carbonyl (C=O) groups is 2. The molecule has 1 N–H and O–H groups in total.